The first-order valence-corrected chi connectivity index (χ1v) is 8.63. The van der Waals surface area contributed by atoms with Crippen LogP contribution in [0.3, 0.4) is 0 Å². The van der Waals surface area contributed by atoms with Crippen LogP contribution < -0.4 is 10.6 Å². The largest absolute Gasteiger partial charge is 0.373 e. The zero-order valence-electron chi connectivity index (χ0n) is 12.7. The average Bonchev–Trinajstić information content (AvgIpc) is 2.98. The van der Waals surface area contributed by atoms with Gasteiger partial charge in [-0.15, -0.1) is 11.3 Å². The maximum Gasteiger partial charge on any atom is 0.0642 e. The van der Waals surface area contributed by atoms with Gasteiger partial charge in [0.15, 0.2) is 0 Å². The third kappa shape index (κ3) is 4.73. The Labute approximate surface area is 136 Å². The zero-order chi connectivity index (χ0) is 15.2. The monoisotopic (exact) mass is 322 g/mol. The molecule has 1 atom stereocenters. The predicted octanol–water partition coefficient (Wildman–Crippen LogP) is 4.36. The summed E-state index contributed by atoms with van der Waals surface area (Å²) in [5.41, 5.74) is 8.30. The molecule has 2 rings (SSSR count). The predicted molar refractivity (Wildman–Crippen MR) is 94.7 cm³/mol. The summed E-state index contributed by atoms with van der Waals surface area (Å²) in [6, 6.07) is 10.8. The van der Waals surface area contributed by atoms with Crippen molar-refractivity contribution >= 4 is 28.6 Å². The van der Waals surface area contributed by atoms with Gasteiger partial charge in [0.2, 0.25) is 0 Å². The number of rotatable bonds is 7. The maximum atomic E-state index is 6.43. The minimum Gasteiger partial charge on any atom is -0.373 e. The molecule has 0 aliphatic heterocycles. The van der Waals surface area contributed by atoms with Gasteiger partial charge in [-0.2, -0.15) is 0 Å². The van der Waals surface area contributed by atoms with Gasteiger partial charge in [-0.25, -0.2) is 0 Å². The lowest BCUT2D eigenvalue weighted by Gasteiger charge is -2.21. The summed E-state index contributed by atoms with van der Waals surface area (Å²) in [6.45, 7) is 3.08. The molecule has 0 aliphatic rings. The first kappa shape index (κ1) is 16.3. The Kier molecular flexibility index (Phi) is 6.09. The van der Waals surface area contributed by atoms with Gasteiger partial charge in [0.1, 0.15) is 0 Å². The molecule has 1 unspecified atom stereocenters. The van der Waals surface area contributed by atoms with E-state index >= 15 is 0 Å². The van der Waals surface area contributed by atoms with E-state index in [-0.39, 0.29) is 6.04 Å². The smallest absolute Gasteiger partial charge is 0.0642 e. The molecule has 0 fully saturated rings. The number of anilines is 1. The lowest BCUT2D eigenvalue weighted by atomic mass is 10.0. The molecular formula is C17H23ClN2S. The van der Waals surface area contributed by atoms with Crippen LogP contribution in [0.5, 0.6) is 0 Å². The molecule has 0 radical (unpaired) electrons. The van der Waals surface area contributed by atoms with Crippen LogP contribution >= 0.6 is 22.9 Å². The van der Waals surface area contributed by atoms with Gasteiger partial charge >= 0.3 is 0 Å². The summed E-state index contributed by atoms with van der Waals surface area (Å²) < 4.78 is 0. The molecule has 114 valence electrons. The highest BCUT2D eigenvalue weighted by atomic mass is 35.5. The van der Waals surface area contributed by atoms with Gasteiger partial charge in [-0.05, 0) is 48.4 Å². The van der Waals surface area contributed by atoms with Crippen LogP contribution in [0.25, 0.3) is 0 Å². The van der Waals surface area contributed by atoms with Crippen molar-refractivity contribution in [2.45, 2.75) is 32.2 Å². The molecule has 0 aliphatic carbocycles. The molecule has 2 aromatic rings. The van der Waals surface area contributed by atoms with Crippen LogP contribution in [0, 0.1) is 0 Å². The van der Waals surface area contributed by atoms with Crippen molar-refractivity contribution in [3.05, 3.63) is 51.2 Å². The average molecular weight is 323 g/mol. The van der Waals surface area contributed by atoms with E-state index in [0.29, 0.717) is 0 Å². The second-order valence-corrected chi connectivity index (χ2v) is 6.85. The van der Waals surface area contributed by atoms with E-state index in [1.165, 1.54) is 10.4 Å². The van der Waals surface area contributed by atoms with Gasteiger partial charge < -0.3 is 10.6 Å². The SMILES string of the molecule is CCC(N)Cc1ccc(N(C)CCc2cccs2)c(Cl)c1. The standard InChI is InChI=1S/C17H23ClN2S/c1-3-14(19)11-13-6-7-17(16(18)12-13)20(2)9-8-15-5-4-10-21-15/h4-7,10,12,14H,3,8-9,11,19H2,1-2H3. The Balaban J connectivity index is 1.99. The highest BCUT2D eigenvalue weighted by molar-refractivity contribution is 7.09. The van der Waals surface area contributed by atoms with Gasteiger partial charge in [-0.1, -0.05) is 30.7 Å². The van der Waals surface area contributed by atoms with Crippen LogP contribution in [0.4, 0.5) is 5.69 Å². The van der Waals surface area contributed by atoms with Crippen LogP contribution in [-0.2, 0) is 12.8 Å². The van der Waals surface area contributed by atoms with Crippen molar-refractivity contribution in [1.29, 1.82) is 0 Å². The van der Waals surface area contributed by atoms with Crippen LogP contribution in [0.2, 0.25) is 5.02 Å². The van der Waals surface area contributed by atoms with Crippen LogP contribution in [-0.4, -0.2) is 19.6 Å². The Hall–Kier alpha value is -1.03. The van der Waals surface area contributed by atoms with Crippen LogP contribution in [0.15, 0.2) is 35.7 Å². The third-order valence-corrected chi connectivity index (χ3v) is 4.96. The van der Waals surface area contributed by atoms with E-state index in [4.69, 9.17) is 17.3 Å². The number of hydrogen-bond donors (Lipinski definition) is 1. The van der Waals surface area contributed by atoms with E-state index in [9.17, 15) is 0 Å². The number of hydrogen-bond acceptors (Lipinski definition) is 3. The molecule has 21 heavy (non-hydrogen) atoms. The summed E-state index contributed by atoms with van der Waals surface area (Å²) >= 11 is 8.23. The molecule has 0 amide bonds. The highest BCUT2D eigenvalue weighted by Gasteiger charge is 2.09. The van der Waals surface area contributed by atoms with E-state index < -0.39 is 0 Å². The number of benzene rings is 1. The molecular weight excluding hydrogens is 300 g/mol. The Morgan fingerprint density at radius 3 is 2.76 bits per heavy atom. The second kappa shape index (κ2) is 7.83. The van der Waals surface area contributed by atoms with Gasteiger partial charge in [0.05, 0.1) is 10.7 Å². The lowest BCUT2D eigenvalue weighted by Crippen LogP contribution is -2.22. The van der Waals surface area contributed by atoms with Crippen molar-refractivity contribution in [3.8, 4) is 0 Å². The van der Waals surface area contributed by atoms with Crippen molar-refractivity contribution in [2.24, 2.45) is 5.73 Å². The molecule has 1 aromatic carbocycles. The Bertz CT molecular complexity index is 554. The van der Waals surface area contributed by atoms with E-state index in [1.807, 2.05) is 6.07 Å². The van der Waals surface area contributed by atoms with Gasteiger partial charge in [0.25, 0.3) is 0 Å². The number of likely N-dealkylation sites (N-methyl/N-ethyl adjacent to an activating group) is 1. The Morgan fingerprint density at radius 2 is 2.14 bits per heavy atom. The lowest BCUT2D eigenvalue weighted by molar-refractivity contribution is 0.646. The van der Waals surface area contributed by atoms with E-state index in [1.54, 1.807) is 11.3 Å². The van der Waals surface area contributed by atoms with Gasteiger partial charge in [-0.3, -0.25) is 0 Å². The minimum atomic E-state index is 0.212. The summed E-state index contributed by atoms with van der Waals surface area (Å²) in [5, 5.41) is 2.93. The molecule has 0 saturated heterocycles. The molecule has 1 heterocycles. The summed E-state index contributed by atoms with van der Waals surface area (Å²) in [7, 11) is 2.09. The summed E-state index contributed by atoms with van der Waals surface area (Å²) in [6.07, 6.45) is 2.92. The Morgan fingerprint density at radius 1 is 1.33 bits per heavy atom. The van der Waals surface area contributed by atoms with Crippen molar-refractivity contribution < 1.29 is 0 Å². The second-order valence-electron chi connectivity index (χ2n) is 5.41. The van der Waals surface area contributed by atoms with E-state index in [0.717, 1.165) is 36.5 Å². The zero-order valence-corrected chi connectivity index (χ0v) is 14.3. The van der Waals surface area contributed by atoms with E-state index in [2.05, 4.69) is 48.5 Å². The van der Waals surface area contributed by atoms with Crippen LogP contribution in [0.1, 0.15) is 23.8 Å². The van der Waals surface area contributed by atoms with Crippen molar-refractivity contribution in [2.75, 3.05) is 18.5 Å². The molecule has 2 N–H and O–H groups in total. The highest BCUT2D eigenvalue weighted by Crippen LogP contribution is 2.27. The molecule has 1 aromatic heterocycles. The topological polar surface area (TPSA) is 29.3 Å². The number of halogens is 1. The quantitative estimate of drug-likeness (QED) is 0.820. The minimum absolute atomic E-state index is 0.212. The maximum absolute atomic E-state index is 6.43. The normalized spacial score (nSPS) is 12.4. The fraction of sp³-hybridized carbons (Fsp3) is 0.412. The van der Waals surface area contributed by atoms with Gasteiger partial charge in [0, 0.05) is 24.5 Å². The fourth-order valence-corrected chi connectivity index (χ4v) is 3.33. The molecule has 4 heteroatoms. The molecule has 0 bridgehead atoms. The summed E-state index contributed by atoms with van der Waals surface area (Å²) in [4.78, 5) is 3.62. The third-order valence-electron chi connectivity index (χ3n) is 3.72. The molecule has 0 spiro atoms. The summed E-state index contributed by atoms with van der Waals surface area (Å²) in [5.74, 6) is 0. The fourth-order valence-electron chi connectivity index (χ4n) is 2.29. The number of nitrogens with zero attached hydrogens (tertiary/aromatic N) is 1. The number of nitrogens with two attached hydrogens (primary N) is 1. The first-order chi connectivity index (χ1) is 10.1. The van der Waals surface area contributed by atoms with Crippen molar-refractivity contribution in [3.63, 3.8) is 0 Å². The van der Waals surface area contributed by atoms with Crippen molar-refractivity contribution in [1.82, 2.24) is 0 Å². The first-order valence-electron chi connectivity index (χ1n) is 7.37. The molecule has 2 nitrogen and oxygen atoms in total. The molecule has 0 saturated carbocycles. The number of thiophene rings is 1.